The van der Waals surface area contributed by atoms with Crippen molar-refractivity contribution in [1.29, 1.82) is 0 Å². The Balaban J connectivity index is 2.33. The van der Waals surface area contributed by atoms with Crippen LogP contribution in [0.1, 0.15) is 20.3 Å². The van der Waals surface area contributed by atoms with Crippen LogP contribution in [0.15, 0.2) is 23.8 Å². The molecule has 0 aliphatic heterocycles. The Morgan fingerprint density at radius 3 is 2.71 bits per heavy atom. The molecule has 5 unspecified atom stereocenters. The van der Waals surface area contributed by atoms with Gasteiger partial charge in [0.25, 0.3) is 0 Å². The lowest BCUT2D eigenvalue weighted by Gasteiger charge is -2.39. The summed E-state index contributed by atoms with van der Waals surface area (Å²) in [7, 11) is 0. The van der Waals surface area contributed by atoms with Gasteiger partial charge in [0, 0.05) is 12.3 Å². The monoisotopic (exact) mass is 194 g/mol. The molecule has 0 aromatic carbocycles. The molecule has 2 heteroatoms. The van der Waals surface area contributed by atoms with Gasteiger partial charge in [-0.25, -0.2) is 0 Å². The molecule has 0 amide bonds. The highest BCUT2D eigenvalue weighted by Crippen LogP contribution is 2.39. The molecule has 14 heavy (non-hydrogen) atoms. The maximum Gasteiger partial charge on any atom is 0.0751 e. The molecule has 78 valence electrons. The lowest BCUT2D eigenvalue weighted by Crippen LogP contribution is -2.38. The normalized spacial score (nSPS) is 47.1. The zero-order valence-electron chi connectivity index (χ0n) is 8.72. The fraction of sp³-hybridized carbons (Fsp3) is 0.667. The van der Waals surface area contributed by atoms with Gasteiger partial charge in [0.1, 0.15) is 0 Å². The van der Waals surface area contributed by atoms with Gasteiger partial charge < -0.3 is 10.2 Å². The molecule has 5 atom stereocenters. The molecule has 0 saturated heterocycles. The molecule has 0 heterocycles. The van der Waals surface area contributed by atoms with E-state index in [4.69, 9.17) is 0 Å². The number of aliphatic hydroxyl groups is 2. The van der Waals surface area contributed by atoms with E-state index in [9.17, 15) is 10.2 Å². The second-order valence-corrected chi connectivity index (χ2v) is 4.64. The molecule has 2 aliphatic rings. The maximum absolute atomic E-state index is 9.93. The smallest absolute Gasteiger partial charge is 0.0751 e. The largest absolute Gasteiger partial charge is 0.392 e. The molecule has 2 nitrogen and oxygen atoms in total. The highest BCUT2D eigenvalue weighted by atomic mass is 16.3. The van der Waals surface area contributed by atoms with Crippen molar-refractivity contribution >= 4 is 0 Å². The molecule has 0 radical (unpaired) electrons. The Hall–Kier alpha value is -0.600. The van der Waals surface area contributed by atoms with Crippen LogP contribution in [0.5, 0.6) is 0 Å². The van der Waals surface area contributed by atoms with Crippen molar-refractivity contribution in [3.05, 3.63) is 23.8 Å². The van der Waals surface area contributed by atoms with Gasteiger partial charge in [-0.1, -0.05) is 32.1 Å². The van der Waals surface area contributed by atoms with Crippen LogP contribution in [-0.2, 0) is 0 Å². The van der Waals surface area contributed by atoms with Crippen molar-refractivity contribution < 1.29 is 10.2 Å². The average Bonchev–Trinajstić information content (AvgIpc) is 2.10. The lowest BCUT2D eigenvalue weighted by molar-refractivity contribution is 0.0336. The Bertz CT molecular complexity index is 280. The number of allylic oxidation sites excluding steroid dienone is 2. The fourth-order valence-electron chi connectivity index (χ4n) is 2.60. The predicted octanol–water partition coefficient (Wildman–Crippen LogP) is 1.50. The van der Waals surface area contributed by atoms with Gasteiger partial charge >= 0.3 is 0 Å². The van der Waals surface area contributed by atoms with Gasteiger partial charge in [0.2, 0.25) is 0 Å². The standard InChI is InChI=1S/C12H18O2/c1-7-3-4-9-5-10(13)6-11(14)12(9)8(7)2/h3-5,7-8,10-14H,6H2,1-2H3. The quantitative estimate of drug-likeness (QED) is 0.613. The predicted molar refractivity (Wildman–Crippen MR) is 55.7 cm³/mol. The summed E-state index contributed by atoms with van der Waals surface area (Å²) < 4.78 is 0. The van der Waals surface area contributed by atoms with Crippen molar-refractivity contribution in [2.45, 2.75) is 32.5 Å². The second kappa shape index (κ2) is 3.52. The molecule has 0 spiro atoms. The third-order valence-electron chi connectivity index (χ3n) is 3.66. The molecule has 0 bridgehead atoms. The lowest BCUT2D eigenvalue weighted by atomic mass is 9.69. The van der Waals surface area contributed by atoms with E-state index in [1.807, 2.05) is 6.08 Å². The Kier molecular flexibility index (Phi) is 2.50. The van der Waals surface area contributed by atoms with Gasteiger partial charge in [0.15, 0.2) is 0 Å². The van der Waals surface area contributed by atoms with Crippen LogP contribution in [-0.4, -0.2) is 22.4 Å². The summed E-state index contributed by atoms with van der Waals surface area (Å²) in [5.41, 5.74) is 1.11. The van der Waals surface area contributed by atoms with E-state index in [1.165, 1.54) is 0 Å². The van der Waals surface area contributed by atoms with Crippen molar-refractivity contribution in [2.24, 2.45) is 17.8 Å². The first-order valence-electron chi connectivity index (χ1n) is 5.35. The van der Waals surface area contributed by atoms with Crippen LogP contribution in [0.2, 0.25) is 0 Å². The molecule has 0 aromatic heterocycles. The molecular formula is C12H18O2. The summed E-state index contributed by atoms with van der Waals surface area (Å²) >= 11 is 0. The summed E-state index contributed by atoms with van der Waals surface area (Å²) in [6.45, 7) is 4.35. The minimum atomic E-state index is -0.471. The first kappa shape index (κ1) is 9.94. The van der Waals surface area contributed by atoms with Gasteiger partial charge in [-0.2, -0.15) is 0 Å². The van der Waals surface area contributed by atoms with Crippen molar-refractivity contribution in [2.75, 3.05) is 0 Å². The minimum Gasteiger partial charge on any atom is -0.392 e. The van der Waals surface area contributed by atoms with Crippen LogP contribution >= 0.6 is 0 Å². The molecule has 2 aliphatic carbocycles. The zero-order valence-corrected chi connectivity index (χ0v) is 8.72. The summed E-state index contributed by atoms with van der Waals surface area (Å²) in [5, 5.41) is 19.4. The minimum absolute atomic E-state index is 0.221. The van der Waals surface area contributed by atoms with Crippen molar-refractivity contribution in [1.82, 2.24) is 0 Å². The molecule has 2 N–H and O–H groups in total. The van der Waals surface area contributed by atoms with Gasteiger partial charge in [-0.3, -0.25) is 0 Å². The number of rotatable bonds is 0. The van der Waals surface area contributed by atoms with Crippen LogP contribution in [0.3, 0.4) is 0 Å². The van der Waals surface area contributed by atoms with Crippen LogP contribution in [0, 0.1) is 17.8 Å². The van der Waals surface area contributed by atoms with Crippen molar-refractivity contribution in [3.63, 3.8) is 0 Å². The van der Waals surface area contributed by atoms with E-state index in [1.54, 1.807) is 0 Å². The molecule has 2 rings (SSSR count). The highest BCUT2D eigenvalue weighted by Gasteiger charge is 2.36. The van der Waals surface area contributed by atoms with E-state index < -0.39 is 6.10 Å². The van der Waals surface area contributed by atoms with Gasteiger partial charge in [-0.05, 0) is 17.4 Å². The second-order valence-electron chi connectivity index (χ2n) is 4.64. The zero-order chi connectivity index (χ0) is 10.3. The van der Waals surface area contributed by atoms with Gasteiger partial charge in [0.05, 0.1) is 12.2 Å². The van der Waals surface area contributed by atoms with E-state index in [0.717, 1.165) is 5.57 Å². The summed E-state index contributed by atoms with van der Waals surface area (Å²) in [6, 6.07) is 0. The van der Waals surface area contributed by atoms with E-state index in [-0.39, 0.29) is 12.0 Å². The third-order valence-corrected chi connectivity index (χ3v) is 3.66. The molecule has 0 aromatic rings. The highest BCUT2D eigenvalue weighted by molar-refractivity contribution is 5.31. The molecule has 0 saturated carbocycles. The van der Waals surface area contributed by atoms with Crippen LogP contribution < -0.4 is 0 Å². The topological polar surface area (TPSA) is 40.5 Å². The Morgan fingerprint density at radius 2 is 2.00 bits per heavy atom. The first-order valence-corrected chi connectivity index (χ1v) is 5.35. The van der Waals surface area contributed by atoms with Crippen molar-refractivity contribution in [3.8, 4) is 0 Å². The Morgan fingerprint density at radius 1 is 1.29 bits per heavy atom. The third kappa shape index (κ3) is 1.53. The fourth-order valence-corrected chi connectivity index (χ4v) is 2.60. The number of fused-ring (bicyclic) bond motifs is 1. The van der Waals surface area contributed by atoms with Crippen LogP contribution in [0.25, 0.3) is 0 Å². The van der Waals surface area contributed by atoms with E-state index in [0.29, 0.717) is 18.3 Å². The number of hydrogen-bond donors (Lipinski definition) is 2. The molecular weight excluding hydrogens is 176 g/mol. The van der Waals surface area contributed by atoms with E-state index >= 15 is 0 Å². The number of hydrogen-bond acceptors (Lipinski definition) is 2. The maximum atomic E-state index is 9.93. The van der Waals surface area contributed by atoms with Crippen LogP contribution in [0.4, 0.5) is 0 Å². The average molecular weight is 194 g/mol. The first-order chi connectivity index (χ1) is 6.59. The van der Waals surface area contributed by atoms with E-state index in [2.05, 4.69) is 26.0 Å². The molecule has 0 fully saturated rings. The summed E-state index contributed by atoms with van der Waals surface area (Å²) in [6.07, 6.45) is 5.74. The SMILES string of the molecule is CC1C=CC2=CC(O)CC(O)C2C1C. The number of aliphatic hydroxyl groups excluding tert-OH is 2. The van der Waals surface area contributed by atoms with Gasteiger partial charge in [-0.15, -0.1) is 0 Å². The Labute approximate surface area is 85.0 Å². The summed E-state index contributed by atoms with van der Waals surface area (Å²) in [4.78, 5) is 0. The summed E-state index contributed by atoms with van der Waals surface area (Å²) in [5.74, 6) is 1.20.